The normalized spacial score (nSPS) is 14.9. The Kier molecular flexibility index (Phi) is 3.84. The van der Waals surface area contributed by atoms with Crippen molar-refractivity contribution in [3.63, 3.8) is 0 Å². The predicted octanol–water partition coefficient (Wildman–Crippen LogP) is 2.26. The first-order chi connectivity index (χ1) is 7.30. The molecule has 1 rings (SSSR count). The Morgan fingerprint density at radius 1 is 1.38 bits per heavy atom. The Balaban J connectivity index is 3.38. The van der Waals surface area contributed by atoms with Crippen LogP contribution in [0.15, 0.2) is 18.2 Å². The molecule has 1 aromatic rings. The van der Waals surface area contributed by atoms with Gasteiger partial charge in [-0.25, -0.2) is 0 Å². The molecule has 3 nitrogen and oxygen atoms in total. The third-order valence-electron chi connectivity index (χ3n) is 2.83. The van der Waals surface area contributed by atoms with E-state index in [0.717, 1.165) is 0 Å². The molecular formula is C11H14Cl2N2O. The quantitative estimate of drug-likeness (QED) is 0.907. The van der Waals surface area contributed by atoms with Crippen LogP contribution in [0.5, 0.6) is 0 Å². The van der Waals surface area contributed by atoms with Crippen LogP contribution < -0.4 is 5.73 Å². The van der Waals surface area contributed by atoms with Gasteiger partial charge in [0.2, 0.25) is 5.91 Å². The van der Waals surface area contributed by atoms with Gasteiger partial charge in [0.15, 0.2) is 0 Å². The molecule has 1 atom stereocenters. The summed E-state index contributed by atoms with van der Waals surface area (Å²) in [5, 5.41) is 0.960. The van der Waals surface area contributed by atoms with Gasteiger partial charge in [-0.1, -0.05) is 29.3 Å². The molecule has 5 heteroatoms. The number of nitrogens with zero attached hydrogens (tertiary/aromatic N) is 1. The molecule has 0 bridgehead atoms. The first-order valence-electron chi connectivity index (χ1n) is 4.73. The SMILES string of the molecule is CN(C)C(C)(C(N)=O)c1ccc(Cl)cc1Cl. The van der Waals surface area contributed by atoms with E-state index in [0.29, 0.717) is 15.6 Å². The topological polar surface area (TPSA) is 46.3 Å². The number of primary amides is 1. The molecule has 0 aromatic heterocycles. The van der Waals surface area contributed by atoms with E-state index in [2.05, 4.69) is 0 Å². The molecule has 88 valence electrons. The third-order valence-corrected chi connectivity index (χ3v) is 3.38. The van der Waals surface area contributed by atoms with Crippen molar-refractivity contribution in [2.24, 2.45) is 5.73 Å². The summed E-state index contributed by atoms with van der Waals surface area (Å²) in [4.78, 5) is 13.3. The fraction of sp³-hybridized carbons (Fsp3) is 0.364. The van der Waals surface area contributed by atoms with E-state index in [1.165, 1.54) is 0 Å². The van der Waals surface area contributed by atoms with Crippen LogP contribution in [0.25, 0.3) is 0 Å². The van der Waals surface area contributed by atoms with Crippen molar-refractivity contribution in [2.45, 2.75) is 12.5 Å². The molecule has 16 heavy (non-hydrogen) atoms. The molecular weight excluding hydrogens is 247 g/mol. The maximum absolute atomic E-state index is 11.6. The van der Waals surface area contributed by atoms with Crippen molar-refractivity contribution in [2.75, 3.05) is 14.1 Å². The molecule has 0 saturated carbocycles. The highest BCUT2D eigenvalue weighted by molar-refractivity contribution is 6.35. The zero-order valence-electron chi connectivity index (χ0n) is 9.42. The molecule has 0 aliphatic rings. The van der Waals surface area contributed by atoms with Crippen LogP contribution in [0, 0.1) is 0 Å². The standard InChI is InChI=1S/C11H14Cl2N2O/c1-11(10(14)16,15(2)3)8-5-4-7(12)6-9(8)13/h4-6H,1-3H3,(H2,14,16). The first kappa shape index (κ1) is 13.3. The summed E-state index contributed by atoms with van der Waals surface area (Å²) >= 11 is 11.9. The summed E-state index contributed by atoms with van der Waals surface area (Å²) in [5.41, 5.74) is 5.14. The van der Waals surface area contributed by atoms with E-state index in [1.54, 1.807) is 44.1 Å². The van der Waals surface area contributed by atoms with Gasteiger partial charge in [0.25, 0.3) is 0 Å². The number of hydrogen-bond acceptors (Lipinski definition) is 2. The summed E-state index contributed by atoms with van der Waals surface area (Å²) in [6.07, 6.45) is 0. The van der Waals surface area contributed by atoms with Gasteiger partial charge in [0.1, 0.15) is 5.54 Å². The summed E-state index contributed by atoms with van der Waals surface area (Å²) < 4.78 is 0. The number of halogens is 2. The van der Waals surface area contributed by atoms with Crippen molar-refractivity contribution in [3.05, 3.63) is 33.8 Å². The molecule has 2 N–H and O–H groups in total. The van der Waals surface area contributed by atoms with Gasteiger partial charge in [-0.15, -0.1) is 0 Å². The lowest BCUT2D eigenvalue weighted by atomic mass is 9.90. The van der Waals surface area contributed by atoms with Crippen LogP contribution in [-0.2, 0) is 10.3 Å². The molecule has 1 amide bonds. The van der Waals surface area contributed by atoms with Gasteiger partial charge in [0.05, 0.1) is 0 Å². The average Bonchev–Trinajstić information content (AvgIpc) is 2.15. The van der Waals surface area contributed by atoms with Crippen LogP contribution in [0.3, 0.4) is 0 Å². The minimum Gasteiger partial charge on any atom is -0.368 e. The number of benzene rings is 1. The number of amides is 1. The van der Waals surface area contributed by atoms with E-state index in [9.17, 15) is 4.79 Å². The maximum atomic E-state index is 11.6. The molecule has 1 aromatic carbocycles. The number of carbonyl (C=O) groups is 1. The third kappa shape index (κ3) is 2.17. The zero-order chi connectivity index (χ0) is 12.5. The predicted molar refractivity (Wildman–Crippen MR) is 66.7 cm³/mol. The molecule has 1 unspecified atom stereocenters. The summed E-state index contributed by atoms with van der Waals surface area (Å²) in [7, 11) is 3.55. The highest BCUT2D eigenvalue weighted by atomic mass is 35.5. The van der Waals surface area contributed by atoms with E-state index in [1.807, 2.05) is 0 Å². The van der Waals surface area contributed by atoms with Crippen molar-refractivity contribution in [1.29, 1.82) is 0 Å². The minimum atomic E-state index is -0.943. The van der Waals surface area contributed by atoms with Crippen LogP contribution in [0.1, 0.15) is 12.5 Å². The number of rotatable bonds is 3. The smallest absolute Gasteiger partial charge is 0.242 e. The van der Waals surface area contributed by atoms with Gasteiger partial charge >= 0.3 is 0 Å². The molecule has 0 spiro atoms. The lowest BCUT2D eigenvalue weighted by Gasteiger charge is -2.34. The van der Waals surface area contributed by atoms with Gasteiger partial charge in [0, 0.05) is 15.6 Å². The molecule has 0 aliphatic carbocycles. The van der Waals surface area contributed by atoms with Gasteiger partial charge in [-0.2, -0.15) is 0 Å². The van der Waals surface area contributed by atoms with Gasteiger partial charge in [-0.3, -0.25) is 9.69 Å². The van der Waals surface area contributed by atoms with Crippen LogP contribution in [0.4, 0.5) is 0 Å². The number of carbonyl (C=O) groups excluding carboxylic acids is 1. The van der Waals surface area contributed by atoms with Crippen molar-refractivity contribution in [1.82, 2.24) is 4.90 Å². The van der Waals surface area contributed by atoms with Crippen LogP contribution in [-0.4, -0.2) is 24.9 Å². The van der Waals surface area contributed by atoms with E-state index >= 15 is 0 Å². The zero-order valence-corrected chi connectivity index (χ0v) is 10.9. The maximum Gasteiger partial charge on any atom is 0.242 e. The van der Waals surface area contributed by atoms with Crippen molar-refractivity contribution >= 4 is 29.1 Å². The monoisotopic (exact) mass is 260 g/mol. The van der Waals surface area contributed by atoms with E-state index in [-0.39, 0.29) is 0 Å². The summed E-state index contributed by atoms with van der Waals surface area (Å²) in [6.45, 7) is 1.73. The Morgan fingerprint density at radius 3 is 2.31 bits per heavy atom. The number of hydrogen-bond donors (Lipinski definition) is 1. The van der Waals surface area contributed by atoms with Crippen LogP contribution >= 0.6 is 23.2 Å². The Hall–Kier alpha value is -0.770. The fourth-order valence-corrected chi connectivity index (χ4v) is 2.07. The van der Waals surface area contributed by atoms with Crippen molar-refractivity contribution in [3.8, 4) is 0 Å². The van der Waals surface area contributed by atoms with E-state index in [4.69, 9.17) is 28.9 Å². The second kappa shape index (κ2) is 4.62. The largest absolute Gasteiger partial charge is 0.368 e. The Labute approximate surface area is 105 Å². The molecule has 0 radical (unpaired) electrons. The molecule has 0 heterocycles. The second-order valence-electron chi connectivity index (χ2n) is 3.96. The Morgan fingerprint density at radius 2 is 1.94 bits per heavy atom. The highest BCUT2D eigenvalue weighted by Crippen LogP contribution is 2.33. The number of likely N-dealkylation sites (N-methyl/N-ethyl adjacent to an activating group) is 1. The lowest BCUT2D eigenvalue weighted by Crippen LogP contribution is -2.49. The highest BCUT2D eigenvalue weighted by Gasteiger charge is 2.37. The Bertz CT molecular complexity index is 420. The van der Waals surface area contributed by atoms with Gasteiger partial charge in [-0.05, 0) is 33.2 Å². The second-order valence-corrected chi connectivity index (χ2v) is 4.80. The van der Waals surface area contributed by atoms with Crippen molar-refractivity contribution < 1.29 is 4.79 Å². The van der Waals surface area contributed by atoms with Crippen LogP contribution in [0.2, 0.25) is 10.0 Å². The molecule has 0 saturated heterocycles. The average molecular weight is 261 g/mol. The molecule has 0 fully saturated rings. The first-order valence-corrected chi connectivity index (χ1v) is 5.48. The summed E-state index contributed by atoms with van der Waals surface area (Å²) in [5.74, 6) is -0.457. The minimum absolute atomic E-state index is 0.433. The summed E-state index contributed by atoms with van der Waals surface area (Å²) in [6, 6.07) is 5.01. The lowest BCUT2D eigenvalue weighted by molar-refractivity contribution is -0.128. The van der Waals surface area contributed by atoms with Gasteiger partial charge < -0.3 is 5.73 Å². The molecule has 0 aliphatic heterocycles. The number of nitrogens with two attached hydrogens (primary N) is 1. The fourth-order valence-electron chi connectivity index (χ4n) is 1.48. The van der Waals surface area contributed by atoms with E-state index < -0.39 is 11.4 Å².